The molecule has 1 amide bonds. The minimum Gasteiger partial charge on any atom is -0.326 e. The SMILES string of the molecule is Cl.O=C(N1Cc2ccccc2C1)C(F)(F)F.c1ccc2c(c1)CNC2. The Morgan fingerprint density at radius 1 is 0.840 bits per heavy atom. The Labute approximate surface area is 150 Å². The summed E-state index contributed by atoms with van der Waals surface area (Å²) in [6.45, 7) is 2.20. The smallest absolute Gasteiger partial charge is 0.326 e. The summed E-state index contributed by atoms with van der Waals surface area (Å²) in [5, 5.41) is 3.29. The van der Waals surface area contributed by atoms with Crippen molar-refractivity contribution in [1.29, 1.82) is 0 Å². The fourth-order valence-corrected chi connectivity index (χ4v) is 2.89. The zero-order chi connectivity index (χ0) is 17.2. The van der Waals surface area contributed by atoms with E-state index in [0.717, 1.165) is 29.1 Å². The first kappa shape index (κ1) is 19.3. The van der Waals surface area contributed by atoms with Crippen LogP contribution in [0.5, 0.6) is 0 Å². The zero-order valence-electron chi connectivity index (χ0n) is 13.3. The van der Waals surface area contributed by atoms with Crippen LogP contribution >= 0.6 is 12.4 Å². The predicted molar refractivity (Wildman–Crippen MR) is 91.0 cm³/mol. The lowest BCUT2D eigenvalue weighted by Gasteiger charge is -2.16. The van der Waals surface area contributed by atoms with Gasteiger partial charge in [0.15, 0.2) is 0 Å². The Morgan fingerprint density at radius 3 is 1.64 bits per heavy atom. The molecule has 2 aliphatic heterocycles. The van der Waals surface area contributed by atoms with Crippen LogP contribution in [0.1, 0.15) is 22.3 Å². The Balaban J connectivity index is 0.000000193. The number of hydrogen-bond donors (Lipinski definition) is 1. The van der Waals surface area contributed by atoms with Gasteiger partial charge < -0.3 is 10.2 Å². The maximum Gasteiger partial charge on any atom is 0.471 e. The number of rotatable bonds is 0. The second kappa shape index (κ2) is 7.89. The topological polar surface area (TPSA) is 32.3 Å². The average molecular weight is 371 g/mol. The summed E-state index contributed by atoms with van der Waals surface area (Å²) in [6, 6.07) is 15.5. The number of carbonyl (C=O) groups is 1. The van der Waals surface area contributed by atoms with E-state index in [1.54, 1.807) is 24.3 Å². The number of benzene rings is 2. The lowest BCUT2D eigenvalue weighted by molar-refractivity contribution is -0.186. The van der Waals surface area contributed by atoms with Crippen molar-refractivity contribution < 1.29 is 18.0 Å². The van der Waals surface area contributed by atoms with Crippen LogP contribution in [-0.4, -0.2) is 17.0 Å². The summed E-state index contributed by atoms with van der Waals surface area (Å²) >= 11 is 0. The molecule has 0 aromatic heterocycles. The molecule has 2 aromatic rings. The van der Waals surface area contributed by atoms with Gasteiger partial charge in [0.2, 0.25) is 0 Å². The van der Waals surface area contributed by atoms with Crippen LogP contribution in [0.2, 0.25) is 0 Å². The van der Waals surface area contributed by atoms with E-state index in [1.165, 1.54) is 11.1 Å². The molecule has 7 heteroatoms. The summed E-state index contributed by atoms with van der Waals surface area (Å²) in [4.78, 5) is 11.7. The van der Waals surface area contributed by atoms with Crippen LogP contribution in [0.25, 0.3) is 0 Å². The maximum absolute atomic E-state index is 12.1. The highest BCUT2D eigenvalue weighted by Crippen LogP contribution is 2.27. The molecule has 0 bridgehead atoms. The van der Waals surface area contributed by atoms with E-state index in [1.807, 2.05) is 0 Å². The minimum absolute atomic E-state index is 0. The maximum atomic E-state index is 12.1. The molecule has 134 valence electrons. The third-order valence-corrected chi connectivity index (χ3v) is 4.12. The Kier molecular flexibility index (Phi) is 6.08. The van der Waals surface area contributed by atoms with Gasteiger partial charge in [0, 0.05) is 26.2 Å². The van der Waals surface area contributed by atoms with Gasteiger partial charge >= 0.3 is 12.1 Å². The van der Waals surface area contributed by atoms with Crippen molar-refractivity contribution in [3.8, 4) is 0 Å². The molecule has 0 fully saturated rings. The van der Waals surface area contributed by atoms with Crippen molar-refractivity contribution >= 4 is 18.3 Å². The van der Waals surface area contributed by atoms with Crippen LogP contribution in [0, 0.1) is 0 Å². The lowest BCUT2D eigenvalue weighted by atomic mass is 10.1. The molecule has 2 aliphatic rings. The second-order valence-electron chi connectivity index (χ2n) is 5.80. The Bertz CT molecular complexity index is 701. The molecular formula is C18H18ClF3N2O. The third-order valence-electron chi connectivity index (χ3n) is 4.12. The molecule has 0 spiro atoms. The van der Waals surface area contributed by atoms with E-state index >= 15 is 0 Å². The van der Waals surface area contributed by atoms with Gasteiger partial charge in [-0.05, 0) is 22.3 Å². The van der Waals surface area contributed by atoms with Gasteiger partial charge in [-0.25, -0.2) is 0 Å². The monoisotopic (exact) mass is 370 g/mol. The molecule has 0 saturated heterocycles. The molecular weight excluding hydrogens is 353 g/mol. The first-order valence-electron chi connectivity index (χ1n) is 7.65. The van der Waals surface area contributed by atoms with E-state index in [-0.39, 0.29) is 25.5 Å². The van der Waals surface area contributed by atoms with E-state index in [2.05, 4.69) is 29.6 Å². The number of amides is 1. The molecule has 0 saturated carbocycles. The second-order valence-corrected chi connectivity index (χ2v) is 5.80. The van der Waals surface area contributed by atoms with E-state index in [9.17, 15) is 18.0 Å². The van der Waals surface area contributed by atoms with Gasteiger partial charge in [0.25, 0.3) is 0 Å². The Hall–Kier alpha value is -2.05. The highest BCUT2D eigenvalue weighted by molar-refractivity contribution is 5.85. The number of nitrogens with zero attached hydrogens (tertiary/aromatic N) is 1. The van der Waals surface area contributed by atoms with Crippen LogP contribution in [-0.2, 0) is 31.0 Å². The standard InChI is InChI=1S/C10H8F3NO.C8H9N.ClH/c11-10(12,13)9(15)14-5-7-3-1-2-4-8(7)6-14;1-2-4-8-6-9-5-7(8)3-1;/h1-4H,5-6H2;1-4,9H,5-6H2;1H. The number of fused-ring (bicyclic) bond motifs is 2. The zero-order valence-corrected chi connectivity index (χ0v) is 14.2. The van der Waals surface area contributed by atoms with Crippen LogP contribution in [0.3, 0.4) is 0 Å². The van der Waals surface area contributed by atoms with Crippen LogP contribution in [0.15, 0.2) is 48.5 Å². The Morgan fingerprint density at radius 2 is 1.24 bits per heavy atom. The lowest BCUT2D eigenvalue weighted by Crippen LogP contribution is -2.37. The first-order valence-corrected chi connectivity index (χ1v) is 7.65. The van der Waals surface area contributed by atoms with E-state index in [0.29, 0.717) is 0 Å². The van der Waals surface area contributed by atoms with E-state index in [4.69, 9.17) is 0 Å². The number of alkyl halides is 3. The quantitative estimate of drug-likeness (QED) is 0.765. The van der Waals surface area contributed by atoms with Crippen molar-refractivity contribution in [3.63, 3.8) is 0 Å². The fraction of sp³-hybridized carbons (Fsp3) is 0.278. The molecule has 0 radical (unpaired) electrons. The van der Waals surface area contributed by atoms with Crippen molar-refractivity contribution in [2.45, 2.75) is 32.4 Å². The van der Waals surface area contributed by atoms with Gasteiger partial charge in [-0.2, -0.15) is 13.2 Å². The average Bonchev–Trinajstić information content (AvgIpc) is 3.20. The number of halogens is 4. The number of carbonyl (C=O) groups excluding carboxylic acids is 1. The molecule has 0 aliphatic carbocycles. The molecule has 3 nitrogen and oxygen atoms in total. The minimum atomic E-state index is -4.78. The van der Waals surface area contributed by atoms with Crippen molar-refractivity contribution in [2.75, 3.05) is 0 Å². The summed E-state index contributed by atoms with van der Waals surface area (Å²) in [7, 11) is 0. The number of hydrogen-bond acceptors (Lipinski definition) is 2. The van der Waals surface area contributed by atoms with Crippen molar-refractivity contribution in [3.05, 3.63) is 70.8 Å². The van der Waals surface area contributed by atoms with Gasteiger partial charge in [-0.15, -0.1) is 12.4 Å². The summed E-state index contributed by atoms with van der Waals surface area (Å²) in [6.07, 6.45) is -4.78. The fourth-order valence-electron chi connectivity index (χ4n) is 2.89. The summed E-state index contributed by atoms with van der Waals surface area (Å²) < 4.78 is 36.4. The van der Waals surface area contributed by atoms with Gasteiger partial charge in [0.05, 0.1) is 0 Å². The highest BCUT2D eigenvalue weighted by atomic mass is 35.5. The van der Waals surface area contributed by atoms with Crippen molar-refractivity contribution in [1.82, 2.24) is 10.2 Å². The van der Waals surface area contributed by atoms with Crippen LogP contribution in [0.4, 0.5) is 13.2 Å². The predicted octanol–water partition coefficient (Wildman–Crippen LogP) is 3.80. The van der Waals surface area contributed by atoms with Gasteiger partial charge in [-0.1, -0.05) is 48.5 Å². The normalized spacial score (nSPS) is 14.8. The summed E-state index contributed by atoms with van der Waals surface area (Å²) in [5.41, 5.74) is 4.49. The third kappa shape index (κ3) is 4.52. The molecule has 2 aromatic carbocycles. The summed E-state index contributed by atoms with van der Waals surface area (Å²) in [5.74, 6) is -1.77. The first-order chi connectivity index (χ1) is 11.4. The molecule has 2 heterocycles. The van der Waals surface area contributed by atoms with Crippen molar-refractivity contribution in [2.24, 2.45) is 0 Å². The van der Waals surface area contributed by atoms with Gasteiger partial charge in [-0.3, -0.25) is 4.79 Å². The largest absolute Gasteiger partial charge is 0.471 e. The highest BCUT2D eigenvalue weighted by Gasteiger charge is 2.43. The van der Waals surface area contributed by atoms with Gasteiger partial charge in [0.1, 0.15) is 0 Å². The number of nitrogens with one attached hydrogen (secondary N) is 1. The molecule has 25 heavy (non-hydrogen) atoms. The molecule has 4 rings (SSSR count). The molecule has 0 atom stereocenters. The van der Waals surface area contributed by atoms with E-state index < -0.39 is 12.1 Å². The van der Waals surface area contributed by atoms with Crippen LogP contribution < -0.4 is 5.32 Å². The molecule has 1 N–H and O–H groups in total. The molecule has 0 unspecified atom stereocenters.